The average Bonchev–Trinajstić information content (AvgIpc) is 2.61. The first kappa shape index (κ1) is 18.4. The van der Waals surface area contributed by atoms with Gasteiger partial charge in [0.25, 0.3) is 0 Å². The first-order valence-corrected chi connectivity index (χ1v) is 9.39. The molecule has 5 heteroatoms. The van der Waals surface area contributed by atoms with Gasteiger partial charge < -0.3 is 10.2 Å². The molecule has 1 aliphatic heterocycles. The van der Waals surface area contributed by atoms with Gasteiger partial charge in [0.2, 0.25) is 5.91 Å². The van der Waals surface area contributed by atoms with Crippen LogP contribution < -0.4 is 5.32 Å². The van der Waals surface area contributed by atoms with Crippen molar-refractivity contribution in [1.29, 1.82) is 0 Å². The smallest absolute Gasteiger partial charge is 0.219 e. The van der Waals surface area contributed by atoms with Crippen LogP contribution in [0.15, 0.2) is 30.5 Å². The van der Waals surface area contributed by atoms with Crippen molar-refractivity contribution < 1.29 is 4.79 Å². The molecule has 26 heavy (non-hydrogen) atoms. The van der Waals surface area contributed by atoms with E-state index in [9.17, 15) is 4.79 Å². The lowest BCUT2D eigenvalue weighted by Crippen LogP contribution is -2.36. The standard InChI is InChI=1S/C21H28N4O/c1-14(2)18-5-8-22-20(12-18)24-21-13-19(11-15(3)23-21)17-6-9-25(10-7-17)16(4)26/h5,8,11-14,17H,6-7,9-10H2,1-4H3,(H,22,23,24). The Kier molecular flexibility index (Phi) is 5.55. The molecule has 3 heterocycles. The summed E-state index contributed by atoms with van der Waals surface area (Å²) in [5.41, 5.74) is 3.55. The predicted molar refractivity (Wildman–Crippen MR) is 105 cm³/mol. The third-order valence-corrected chi connectivity index (χ3v) is 5.09. The fraction of sp³-hybridized carbons (Fsp3) is 0.476. The summed E-state index contributed by atoms with van der Waals surface area (Å²) in [5.74, 6) is 2.77. The highest BCUT2D eigenvalue weighted by Gasteiger charge is 2.22. The van der Waals surface area contributed by atoms with E-state index in [0.717, 1.165) is 43.3 Å². The largest absolute Gasteiger partial charge is 0.343 e. The van der Waals surface area contributed by atoms with E-state index < -0.39 is 0 Å². The fourth-order valence-corrected chi connectivity index (χ4v) is 3.53. The molecule has 2 aromatic rings. The number of nitrogens with one attached hydrogen (secondary N) is 1. The molecule has 138 valence electrons. The van der Waals surface area contributed by atoms with E-state index in [4.69, 9.17) is 0 Å². The minimum Gasteiger partial charge on any atom is -0.343 e. The Bertz CT molecular complexity index is 779. The van der Waals surface area contributed by atoms with Crippen LogP contribution in [0.5, 0.6) is 0 Å². The number of amides is 1. The van der Waals surface area contributed by atoms with Crippen LogP contribution in [0.2, 0.25) is 0 Å². The molecule has 0 spiro atoms. The van der Waals surface area contributed by atoms with Crippen LogP contribution >= 0.6 is 0 Å². The summed E-state index contributed by atoms with van der Waals surface area (Å²) in [7, 11) is 0. The van der Waals surface area contributed by atoms with Crippen LogP contribution in [0.25, 0.3) is 0 Å². The molecule has 1 N–H and O–H groups in total. The number of rotatable bonds is 4. The van der Waals surface area contributed by atoms with Gasteiger partial charge in [0.15, 0.2) is 0 Å². The minimum atomic E-state index is 0.174. The molecule has 0 radical (unpaired) electrons. The number of likely N-dealkylation sites (tertiary alicyclic amines) is 1. The zero-order valence-corrected chi connectivity index (χ0v) is 16.1. The van der Waals surface area contributed by atoms with Crippen LogP contribution in [-0.4, -0.2) is 33.9 Å². The van der Waals surface area contributed by atoms with Gasteiger partial charge in [-0.25, -0.2) is 9.97 Å². The third kappa shape index (κ3) is 4.40. The highest BCUT2D eigenvalue weighted by molar-refractivity contribution is 5.73. The summed E-state index contributed by atoms with van der Waals surface area (Å²) in [6.45, 7) is 9.70. The van der Waals surface area contributed by atoms with Crippen molar-refractivity contribution in [1.82, 2.24) is 14.9 Å². The van der Waals surface area contributed by atoms with E-state index in [1.165, 1.54) is 11.1 Å². The zero-order chi connectivity index (χ0) is 18.7. The number of piperidine rings is 1. The maximum absolute atomic E-state index is 11.5. The molecule has 0 aliphatic carbocycles. The van der Waals surface area contributed by atoms with E-state index in [1.54, 1.807) is 6.92 Å². The van der Waals surface area contributed by atoms with Crippen molar-refractivity contribution in [2.24, 2.45) is 0 Å². The molecule has 0 atom stereocenters. The Morgan fingerprint density at radius 2 is 1.92 bits per heavy atom. The normalized spacial score (nSPS) is 15.3. The van der Waals surface area contributed by atoms with Gasteiger partial charge in [-0.1, -0.05) is 13.8 Å². The molecule has 1 saturated heterocycles. The maximum Gasteiger partial charge on any atom is 0.219 e. The lowest BCUT2D eigenvalue weighted by molar-refractivity contribution is -0.129. The van der Waals surface area contributed by atoms with Gasteiger partial charge in [0.05, 0.1) is 0 Å². The number of aryl methyl sites for hydroxylation is 1. The second kappa shape index (κ2) is 7.85. The fourth-order valence-electron chi connectivity index (χ4n) is 3.53. The lowest BCUT2D eigenvalue weighted by atomic mass is 9.89. The second-order valence-electron chi connectivity index (χ2n) is 7.46. The molecular formula is C21H28N4O. The average molecular weight is 352 g/mol. The van der Waals surface area contributed by atoms with Crippen LogP contribution in [0.1, 0.15) is 62.3 Å². The Morgan fingerprint density at radius 1 is 1.19 bits per heavy atom. The number of nitrogens with zero attached hydrogens (tertiary/aromatic N) is 3. The van der Waals surface area contributed by atoms with E-state index in [0.29, 0.717) is 11.8 Å². The van der Waals surface area contributed by atoms with Crippen molar-refractivity contribution in [3.63, 3.8) is 0 Å². The molecule has 0 unspecified atom stereocenters. The summed E-state index contributed by atoms with van der Waals surface area (Å²) in [4.78, 5) is 22.5. The Balaban J connectivity index is 1.76. The maximum atomic E-state index is 11.5. The number of carbonyl (C=O) groups excluding carboxylic acids is 1. The lowest BCUT2D eigenvalue weighted by Gasteiger charge is -2.31. The molecule has 1 fully saturated rings. The number of aromatic nitrogens is 2. The third-order valence-electron chi connectivity index (χ3n) is 5.09. The van der Waals surface area contributed by atoms with Gasteiger partial charge in [-0.15, -0.1) is 0 Å². The number of anilines is 2. The monoisotopic (exact) mass is 352 g/mol. The SMILES string of the molecule is CC(=O)N1CCC(c2cc(C)nc(Nc3cc(C(C)C)ccn3)c2)CC1. The van der Waals surface area contributed by atoms with Gasteiger partial charge in [0.1, 0.15) is 11.6 Å². The summed E-state index contributed by atoms with van der Waals surface area (Å²) in [5, 5.41) is 3.36. The molecule has 0 aromatic carbocycles. The molecule has 5 nitrogen and oxygen atoms in total. The Labute approximate surface area is 155 Å². The predicted octanol–water partition coefficient (Wildman–Crippen LogP) is 4.38. The molecule has 1 aliphatic rings. The Hall–Kier alpha value is -2.43. The number of hydrogen-bond donors (Lipinski definition) is 1. The van der Waals surface area contributed by atoms with Crippen LogP contribution in [0.4, 0.5) is 11.6 Å². The molecule has 2 aromatic heterocycles. The van der Waals surface area contributed by atoms with Gasteiger partial charge in [-0.3, -0.25) is 4.79 Å². The van der Waals surface area contributed by atoms with E-state index >= 15 is 0 Å². The number of hydrogen-bond acceptors (Lipinski definition) is 4. The van der Waals surface area contributed by atoms with E-state index in [1.807, 2.05) is 24.1 Å². The van der Waals surface area contributed by atoms with Crippen molar-refractivity contribution in [2.75, 3.05) is 18.4 Å². The van der Waals surface area contributed by atoms with Crippen LogP contribution in [0.3, 0.4) is 0 Å². The minimum absolute atomic E-state index is 0.174. The van der Waals surface area contributed by atoms with E-state index in [2.05, 4.69) is 47.3 Å². The highest BCUT2D eigenvalue weighted by Crippen LogP contribution is 2.30. The molecule has 0 bridgehead atoms. The van der Waals surface area contributed by atoms with Crippen LogP contribution in [-0.2, 0) is 4.79 Å². The van der Waals surface area contributed by atoms with Crippen molar-refractivity contribution in [2.45, 2.75) is 52.4 Å². The molecule has 1 amide bonds. The summed E-state index contributed by atoms with van der Waals surface area (Å²) < 4.78 is 0. The Morgan fingerprint density at radius 3 is 2.58 bits per heavy atom. The number of carbonyl (C=O) groups is 1. The van der Waals surface area contributed by atoms with E-state index in [-0.39, 0.29) is 5.91 Å². The van der Waals surface area contributed by atoms with Crippen LogP contribution in [0, 0.1) is 6.92 Å². The molecular weight excluding hydrogens is 324 g/mol. The van der Waals surface area contributed by atoms with Gasteiger partial charge >= 0.3 is 0 Å². The van der Waals surface area contributed by atoms with Crippen molar-refractivity contribution >= 4 is 17.5 Å². The van der Waals surface area contributed by atoms with Crippen molar-refractivity contribution in [3.8, 4) is 0 Å². The van der Waals surface area contributed by atoms with Gasteiger partial charge in [-0.05, 0) is 67.0 Å². The zero-order valence-electron chi connectivity index (χ0n) is 16.1. The quantitative estimate of drug-likeness (QED) is 0.887. The number of pyridine rings is 2. The van der Waals surface area contributed by atoms with Gasteiger partial charge in [0, 0.05) is 31.9 Å². The summed E-state index contributed by atoms with van der Waals surface area (Å²) in [6, 6.07) is 8.43. The molecule has 3 rings (SSSR count). The molecule has 0 saturated carbocycles. The first-order chi connectivity index (χ1) is 12.4. The topological polar surface area (TPSA) is 58.1 Å². The summed E-state index contributed by atoms with van der Waals surface area (Å²) >= 11 is 0. The highest BCUT2D eigenvalue weighted by atomic mass is 16.2. The summed E-state index contributed by atoms with van der Waals surface area (Å²) in [6.07, 6.45) is 3.85. The first-order valence-electron chi connectivity index (χ1n) is 9.39. The second-order valence-corrected chi connectivity index (χ2v) is 7.46. The van der Waals surface area contributed by atoms with Gasteiger partial charge in [-0.2, -0.15) is 0 Å². The van der Waals surface area contributed by atoms with Crippen molar-refractivity contribution in [3.05, 3.63) is 47.3 Å².